The van der Waals surface area contributed by atoms with Crippen LogP contribution in [0.1, 0.15) is 38.5 Å². The van der Waals surface area contributed by atoms with Gasteiger partial charge in [-0.05, 0) is 25.7 Å². The van der Waals surface area contributed by atoms with Gasteiger partial charge in [0, 0.05) is 6.04 Å². The van der Waals surface area contributed by atoms with Gasteiger partial charge in [-0.1, -0.05) is 12.8 Å². The molecule has 0 saturated heterocycles. The second-order valence-electron chi connectivity index (χ2n) is 4.35. The molecule has 2 fully saturated rings. The first-order chi connectivity index (χ1) is 6.10. The van der Waals surface area contributed by atoms with Gasteiger partial charge in [-0.2, -0.15) is 0 Å². The molecule has 2 rings (SSSR count). The summed E-state index contributed by atoms with van der Waals surface area (Å²) in [5.74, 6) is 0. The molecule has 4 heteroatoms. The fraction of sp³-hybridized carbons (Fsp3) is 1.00. The molecule has 0 atom stereocenters. The molecule has 0 unspecified atom stereocenters. The number of nitrogens with two attached hydrogens (primary N) is 1. The van der Waals surface area contributed by atoms with Crippen LogP contribution in [0.15, 0.2) is 0 Å². The molecular formula is C9H17NO2S. The maximum Gasteiger partial charge on any atom is 0.156 e. The molecule has 0 bridgehead atoms. The second kappa shape index (κ2) is 3.24. The standard InChI is InChI=1S/C9H17NO2S/c10-7-5-9(6-7)13(11,12)8-3-1-2-4-8/h7-9H,1-6,10H2. The van der Waals surface area contributed by atoms with Gasteiger partial charge >= 0.3 is 0 Å². The summed E-state index contributed by atoms with van der Waals surface area (Å²) in [5, 5.41) is -0.143. The van der Waals surface area contributed by atoms with Crippen LogP contribution in [0, 0.1) is 0 Å². The van der Waals surface area contributed by atoms with Crippen molar-refractivity contribution >= 4 is 9.84 Å². The lowest BCUT2D eigenvalue weighted by molar-refractivity contribution is 0.405. The molecule has 0 aromatic heterocycles. The molecule has 0 amide bonds. The van der Waals surface area contributed by atoms with Crippen LogP contribution in [0.5, 0.6) is 0 Å². The fourth-order valence-electron chi connectivity index (χ4n) is 2.36. The summed E-state index contributed by atoms with van der Waals surface area (Å²) in [7, 11) is -2.81. The summed E-state index contributed by atoms with van der Waals surface area (Å²) in [6.07, 6.45) is 5.32. The van der Waals surface area contributed by atoms with E-state index in [1.165, 1.54) is 0 Å². The zero-order chi connectivity index (χ0) is 9.47. The van der Waals surface area contributed by atoms with E-state index in [0.717, 1.165) is 25.7 Å². The summed E-state index contributed by atoms with van der Waals surface area (Å²) in [5.41, 5.74) is 5.60. The minimum absolute atomic E-state index is 0.0370. The highest BCUT2D eigenvalue weighted by Gasteiger charge is 2.41. The van der Waals surface area contributed by atoms with Crippen LogP contribution in [0.2, 0.25) is 0 Å². The van der Waals surface area contributed by atoms with Gasteiger partial charge in [0.2, 0.25) is 0 Å². The molecule has 0 aromatic rings. The molecule has 2 saturated carbocycles. The van der Waals surface area contributed by atoms with E-state index in [1.54, 1.807) is 0 Å². The summed E-state index contributed by atoms with van der Waals surface area (Å²) >= 11 is 0. The van der Waals surface area contributed by atoms with Crippen LogP contribution in [0.4, 0.5) is 0 Å². The summed E-state index contributed by atoms with van der Waals surface area (Å²) in [6, 6.07) is 0.140. The van der Waals surface area contributed by atoms with Crippen LogP contribution in [0.25, 0.3) is 0 Å². The highest BCUT2D eigenvalue weighted by atomic mass is 32.2. The van der Waals surface area contributed by atoms with Gasteiger partial charge in [0.05, 0.1) is 10.5 Å². The lowest BCUT2D eigenvalue weighted by Gasteiger charge is -2.33. The summed E-state index contributed by atoms with van der Waals surface area (Å²) in [4.78, 5) is 0. The Morgan fingerprint density at radius 1 is 1.00 bits per heavy atom. The molecule has 76 valence electrons. The van der Waals surface area contributed by atoms with Crippen LogP contribution in [-0.4, -0.2) is 25.0 Å². The SMILES string of the molecule is NC1CC(S(=O)(=O)C2CCCC2)C1. The quantitative estimate of drug-likeness (QED) is 0.723. The van der Waals surface area contributed by atoms with Gasteiger partial charge in [0.1, 0.15) is 0 Å². The van der Waals surface area contributed by atoms with Gasteiger partial charge in [0.25, 0.3) is 0 Å². The molecule has 0 spiro atoms. The molecule has 2 aliphatic carbocycles. The molecule has 0 radical (unpaired) electrons. The summed E-state index contributed by atoms with van der Waals surface area (Å²) in [6.45, 7) is 0. The number of hydrogen-bond acceptors (Lipinski definition) is 3. The van der Waals surface area contributed by atoms with E-state index in [1.807, 2.05) is 0 Å². The lowest BCUT2D eigenvalue weighted by Crippen LogP contribution is -2.47. The first kappa shape index (κ1) is 9.46. The Labute approximate surface area is 79.6 Å². The molecule has 2 aliphatic rings. The van der Waals surface area contributed by atoms with Crippen molar-refractivity contribution in [2.24, 2.45) is 5.73 Å². The predicted molar refractivity (Wildman–Crippen MR) is 52.2 cm³/mol. The topological polar surface area (TPSA) is 60.2 Å². The molecule has 3 nitrogen and oxygen atoms in total. The van der Waals surface area contributed by atoms with E-state index in [0.29, 0.717) is 12.8 Å². The first-order valence-electron chi connectivity index (χ1n) is 5.09. The van der Waals surface area contributed by atoms with Crippen molar-refractivity contribution in [2.45, 2.75) is 55.1 Å². The van der Waals surface area contributed by atoms with E-state index >= 15 is 0 Å². The minimum atomic E-state index is -2.81. The highest BCUT2D eigenvalue weighted by Crippen LogP contribution is 2.34. The largest absolute Gasteiger partial charge is 0.328 e. The van der Waals surface area contributed by atoms with E-state index in [2.05, 4.69) is 0 Å². The Bertz CT molecular complexity index is 274. The molecule has 0 aliphatic heterocycles. The summed E-state index contributed by atoms with van der Waals surface area (Å²) < 4.78 is 23.8. The minimum Gasteiger partial charge on any atom is -0.328 e. The smallest absolute Gasteiger partial charge is 0.156 e. The highest BCUT2D eigenvalue weighted by molar-refractivity contribution is 7.92. The molecule has 13 heavy (non-hydrogen) atoms. The average molecular weight is 203 g/mol. The number of hydrogen-bond donors (Lipinski definition) is 1. The van der Waals surface area contributed by atoms with E-state index in [4.69, 9.17) is 5.73 Å². The van der Waals surface area contributed by atoms with E-state index in [-0.39, 0.29) is 16.5 Å². The molecule has 2 N–H and O–H groups in total. The zero-order valence-electron chi connectivity index (χ0n) is 7.78. The van der Waals surface area contributed by atoms with Crippen molar-refractivity contribution in [2.75, 3.05) is 0 Å². The number of sulfone groups is 1. The van der Waals surface area contributed by atoms with Gasteiger partial charge in [-0.25, -0.2) is 8.42 Å². The van der Waals surface area contributed by atoms with Crippen molar-refractivity contribution in [1.29, 1.82) is 0 Å². The molecule has 0 heterocycles. The zero-order valence-corrected chi connectivity index (χ0v) is 8.59. The van der Waals surface area contributed by atoms with Crippen molar-refractivity contribution in [1.82, 2.24) is 0 Å². The van der Waals surface area contributed by atoms with Gasteiger partial charge in [0.15, 0.2) is 9.84 Å². The Kier molecular flexibility index (Phi) is 2.36. The Morgan fingerprint density at radius 2 is 1.54 bits per heavy atom. The average Bonchev–Trinajstić information content (AvgIpc) is 2.50. The van der Waals surface area contributed by atoms with Crippen LogP contribution >= 0.6 is 0 Å². The monoisotopic (exact) mass is 203 g/mol. The molecule has 0 aromatic carbocycles. The van der Waals surface area contributed by atoms with E-state index < -0.39 is 9.84 Å². The Hall–Kier alpha value is -0.0900. The van der Waals surface area contributed by atoms with Gasteiger partial charge < -0.3 is 5.73 Å². The number of rotatable bonds is 2. The van der Waals surface area contributed by atoms with Crippen LogP contribution in [-0.2, 0) is 9.84 Å². The first-order valence-corrected chi connectivity index (χ1v) is 6.70. The van der Waals surface area contributed by atoms with Gasteiger partial charge in [-0.15, -0.1) is 0 Å². The van der Waals surface area contributed by atoms with Crippen molar-refractivity contribution in [3.8, 4) is 0 Å². The van der Waals surface area contributed by atoms with Crippen LogP contribution < -0.4 is 5.73 Å². The molecular weight excluding hydrogens is 186 g/mol. The third-order valence-corrected chi connectivity index (χ3v) is 6.08. The Balaban J connectivity index is 2.03. The van der Waals surface area contributed by atoms with Crippen molar-refractivity contribution in [3.05, 3.63) is 0 Å². The lowest BCUT2D eigenvalue weighted by atomic mass is 9.93. The van der Waals surface area contributed by atoms with Gasteiger partial charge in [-0.3, -0.25) is 0 Å². The van der Waals surface area contributed by atoms with Crippen molar-refractivity contribution < 1.29 is 8.42 Å². The third-order valence-electron chi connectivity index (χ3n) is 3.36. The van der Waals surface area contributed by atoms with Crippen LogP contribution in [0.3, 0.4) is 0 Å². The second-order valence-corrected chi connectivity index (χ2v) is 6.86. The fourth-order valence-corrected chi connectivity index (χ4v) is 4.93. The maximum absolute atomic E-state index is 11.9. The third kappa shape index (κ3) is 1.62. The van der Waals surface area contributed by atoms with E-state index in [9.17, 15) is 8.42 Å². The van der Waals surface area contributed by atoms with Crippen molar-refractivity contribution in [3.63, 3.8) is 0 Å². The normalized spacial score (nSPS) is 36.1. The predicted octanol–water partition coefficient (Wildman–Crippen LogP) is 0.833. The maximum atomic E-state index is 11.9. The Morgan fingerprint density at radius 3 is 2.00 bits per heavy atom.